The van der Waals surface area contributed by atoms with Crippen molar-refractivity contribution in [1.82, 2.24) is 4.90 Å². The standard InChI is InChI=1S/C26H23NO5/c1-26(16-17-9-5-4-6-10-17,23(28)18-13-14-21(31-2)22(15-18)32-3)27-24(29)19-11-7-8-12-20(19)25(27)30/h4-15H,16H2,1-3H3. The summed E-state index contributed by atoms with van der Waals surface area (Å²) in [5.74, 6) is -0.440. The molecule has 1 unspecified atom stereocenters. The van der Waals surface area contributed by atoms with Gasteiger partial charge in [-0.25, -0.2) is 0 Å². The van der Waals surface area contributed by atoms with Crippen LogP contribution in [0.1, 0.15) is 43.6 Å². The van der Waals surface area contributed by atoms with Crippen molar-refractivity contribution in [3.05, 3.63) is 95.1 Å². The summed E-state index contributed by atoms with van der Waals surface area (Å²) in [7, 11) is 3.00. The molecule has 2 amide bonds. The second-order valence-electron chi connectivity index (χ2n) is 7.83. The zero-order valence-electron chi connectivity index (χ0n) is 18.1. The van der Waals surface area contributed by atoms with Gasteiger partial charge in [0.05, 0.1) is 25.3 Å². The number of methoxy groups -OCH3 is 2. The number of ether oxygens (including phenoxy) is 2. The molecule has 1 heterocycles. The summed E-state index contributed by atoms with van der Waals surface area (Å²) >= 11 is 0. The van der Waals surface area contributed by atoms with Crippen LogP contribution in [0.3, 0.4) is 0 Å². The Kier molecular flexibility index (Phi) is 5.53. The molecule has 0 spiro atoms. The highest BCUT2D eigenvalue weighted by Gasteiger charge is 2.50. The van der Waals surface area contributed by atoms with Gasteiger partial charge in [0.1, 0.15) is 5.54 Å². The van der Waals surface area contributed by atoms with Crippen LogP contribution in [0.5, 0.6) is 11.5 Å². The van der Waals surface area contributed by atoms with Gasteiger partial charge in [-0.3, -0.25) is 19.3 Å². The quantitative estimate of drug-likeness (QED) is 0.416. The minimum atomic E-state index is -1.45. The van der Waals surface area contributed by atoms with E-state index in [0.29, 0.717) is 28.2 Å². The highest BCUT2D eigenvalue weighted by molar-refractivity contribution is 6.24. The molecule has 0 aromatic heterocycles. The van der Waals surface area contributed by atoms with Gasteiger partial charge in [0.25, 0.3) is 11.8 Å². The number of benzene rings is 3. The van der Waals surface area contributed by atoms with E-state index in [9.17, 15) is 14.4 Å². The summed E-state index contributed by atoms with van der Waals surface area (Å²) < 4.78 is 10.6. The Bertz CT molecular complexity index is 1170. The van der Waals surface area contributed by atoms with Crippen LogP contribution in [0.2, 0.25) is 0 Å². The first kappa shape index (κ1) is 21.3. The van der Waals surface area contributed by atoms with Crippen LogP contribution in [0, 0.1) is 0 Å². The molecule has 0 saturated carbocycles. The van der Waals surface area contributed by atoms with Crippen molar-refractivity contribution >= 4 is 17.6 Å². The topological polar surface area (TPSA) is 72.9 Å². The molecule has 3 aromatic rings. The Balaban J connectivity index is 1.83. The van der Waals surface area contributed by atoms with Crippen molar-refractivity contribution < 1.29 is 23.9 Å². The summed E-state index contributed by atoms with van der Waals surface area (Å²) in [4.78, 5) is 41.6. The van der Waals surface area contributed by atoms with Gasteiger partial charge in [0, 0.05) is 12.0 Å². The Morgan fingerprint density at radius 2 is 1.38 bits per heavy atom. The molecule has 1 atom stereocenters. The predicted molar refractivity (Wildman–Crippen MR) is 119 cm³/mol. The van der Waals surface area contributed by atoms with Gasteiger partial charge in [-0.05, 0) is 42.8 Å². The minimum Gasteiger partial charge on any atom is -0.493 e. The lowest BCUT2D eigenvalue weighted by Gasteiger charge is -2.36. The molecule has 162 valence electrons. The number of carbonyl (C=O) groups is 3. The lowest BCUT2D eigenvalue weighted by Crippen LogP contribution is -2.56. The fourth-order valence-corrected chi connectivity index (χ4v) is 4.18. The average molecular weight is 429 g/mol. The molecule has 0 bridgehead atoms. The van der Waals surface area contributed by atoms with E-state index in [1.807, 2.05) is 30.3 Å². The average Bonchev–Trinajstić information content (AvgIpc) is 3.09. The number of amides is 2. The molecule has 0 fully saturated rings. The number of fused-ring (bicyclic) bond motifs is 1. The van der Waals surface area contributed by atoms with Crippen LogP contribution < -0.4 is 9.47 Å². The first-order valence-electron chi connectivity index (χ1n) is 10.2. The van der Waals surface area contributed by atoms with Gasteiger partial charge in [-0.2, -0.15) is 0 Å². The number of imide groups is 1. The summed E-state index contributed by atoms with van der Waals surface area (Å²) in [5.41, 5.74) is 0.306. The van der Waals surface area contributed by atoms with E-state index in [-0.39, 0.29) is 12.2 Å². The predicted octanol–water partition coefficient (Wildman–Crippen LogP) is 4.18. The number of hydrogen-bond donors (Lipinski definition) is 0. The summed E-state index contributed by atoms with van der Waals surface area (Å²) in [6, 6.07) is 20.8. The van der Waals surface area contributed by atoms with E-state index in [0.717, 1.165) is 10.5 Å². The van der Waals surface area contributed by atoms with Gasteiger partial charge in [0.2, 0.25) is 0 Å². The molecule has 4 rings (SSSR count). The molecule has 3 aromatic carbocycles. The fraction of sp³-hybridized carbons (Fsp3) is 0.192. The van der Waals surface area contributed by atoms with Crippen LogP contribution in [-0.2, 0) is 6.42 Å². The van der Waals surface area contributed by atoms with Crippen molar-refractivity contribution in [1.29, 1.82) is 0 Å². The molecule has 6 nitrogen and oxygen atoms in total. The molecular weight excluding hydrogens is 406 g/mol. The van der Waals surface area contributed by atoms with Crippen molar-refractivity contribution in [3.63, 3.8) is 0 Å². The summed E-state index contributed by atoms with van der Waals surface area (Å²) in [6.07, 6.45) is 0.173. The molecule has 1 aliphatic rings. The first-order valence-corrected chi connectivity index (χ1v) is 10.2. The SMILES string of the molecule is COc1ccc(C(=O)C(C)(Cc2ccccc2)N2C(=O)c3ccccc3C2=O)cc1OC. The van der Waals surface area contributed by atoms with E-state index in [1.54, 1.807) is 49.4 Å². The molecule has 0 saturated heterocycles. The largest absolute Gasteiger partial charge is 0.493 e. The highest BCUT2D eigenvalue weighted by atomic mass is 16.5. The number of nitrogens with zero attached hydrogens (tertiary/aromatic N) is 1. The molecule has 1 aliphatic heterocycles. The lowest BCUT2D eigenvalue weighted by molar-refractivity contribution is 0.0405. The Labute approximate surface area is 186 Å². The lowest BCUT2D eigenvalue weighted by atomic mass is 9.83. The second kappa shape index (κ2) is 8.30. The number of ketones is 1. The number of Topliss-reactive ketones (excluding diaryl/α,β-unsaturated/α-hetero) is 1. The van der Waals surface area contributed by atoms with Gasteiger partial charge in [0.15, 0.2) is 17.3 Å². The normalized spacial score (nSPS) is 14.7. The van der Waals surface area contributed by atoms with E-state index < -0.39 is 17.4 Å². The second-order valence-corrected chi connectivity index (χ2v) is 7.83. The monoisotopic (exact) mass is 429 g/mol. The molecule has 6 heteroatoms. The van der Waals surface area contributed by atoms with Gasteiger partial charge < -0.3 is 9.47 Å². The first-order chi connectivity index (χ1) is 15.4. The van der Waals surface area contributed by atoms with Crippen molar-refractivity contribution in [3.8, 4) is 11.5 Å². The van der Waals surface area contributed by atoms with E-state index in [1.165, 1.54) is 14.2 Å². The molecule has 0 N–H and O–H groups in total. The summed E-state index contributed by atoms with van der Waals surface area (Å²) in [5, 5.41) is 0. The zero-order chi connectivity index (χ0) is 22.9. The van der Waals surface area contributed by atoms with Crippen LogP contribution in [0.4, 0.5) is 0 Å². The number of rotatable bonds is 7. The van der Waals surface area contributed by atoms with Crippen molar-refractivity contribution in [2.75, 3.05) is 14.2 Å². The molecule has 32 heavy (non-hydrogen) atoms. The fourth-order valence-electron chi connectivity index (χ4n) is 4.18. The minimum absolute atomic E-state index is 0.173. The smallest absolute Gasteiger partial charge is 0.262 e. The van der Waals surface area contributed by atoms with Gasteiger partial charge >= 0.3 is 0 Å². The van der Waals surface area contributed by atoms with E-state index in [2.05, 4.69) is 0 Å². The maximum Gasteiger partial charge on any atom is 0.262 e. The van der Waals surface area contributed by atoms with Crippen molar-refractivity contribution in [2.24, 2.45) is 0 Å². The Morgan fingerprint density at radius 1 is 0.812 bits per heavy atom. The Morgan fingerprint density at radius 3 is 1.94 bits per heavy atom. The van der Waals surface area contributed by atoms with Crippen molar-refractivity contribution in [2.45, 2.75) is 18.9 Å². The molecular formula is C26H23NO5. The highest BCUT2D eigenvalue weighted by Crippen LogP contribution is 2.36. The number of carbonyl (C=O) groups excluding carboxylic acids is 3. The van der Waals surface area contributed by atoms with Gasteiger partial charge in [-0.1, -0.05) is 42.5 Å². The van der Waals surface area contributed by atoms with Crippen LogP contribution >= 0.6 is 0 Å². The van der Waals surface area contributed by atoms with E-state index in [4.69, 9.17) is 9.47 Å². The zero-order valence-corrected chi connectivity index (χ0v) is 18.1. The maximum absolute atomic E-state index is 13.9. The third kappa shape index (κ3) is 3.43. The maximum atomic E-state index is 13.9. The number of hydrogen-bond acceptors (Lipinski definition) is 5. The van der Waals surface area contributed by atoms with Crippen LogP contribution in [-0.4, -0.2) is 42.3 Å². The van der Waals surface area contributed by atoms with E-state index >= 15 is 0 Å². The third-order valence-electron chi connectivity index (χ3n) is 5.81. The molecule has 0 aliphatic carbocycles. The Hall–Kier alpha value is -3.93. The molecule has 0 radical (unpaired) electrons. The van der Waals surface area contributed by atoms with Crippen LogP contribution in [0.25, 0.3) is 0 Å². The third-order valence-corrected chi connectivity index (χ3v) is 5.81. The van der Waals surface area contributed by atoms with Gasteiger partial charge in [-0.15, -0.1) is 0 Å². The van der Waals surface area contributed by atoms with Crippen LogP contribution in [0.15, 0.2) is 72.8 Å². The summed E-state index contributed by atoms with van der Waals surface area (Å²) in [6.45, 7) is 1.64.